The van der Waals surface area contributed by atoms with Gasteiger partial charge in [0.2, 0.25) is 0 Å². The fourth-order valence-electron chi connectivity index (χ4n) is 1.56. The number of hydrogen-bond donors (Lipinski definition) is 1. The summed E-state index contributed by atoms with van der Waals surface area (Å²) in [7, 11) is 0. The van der Waals surface area contributed by atoms with Gasteiger partial charge in [0, 0.05) is 6.42 Å². The van der Waals surface area contributed by atoms with Crippen molar-refractivity contribution in [3.8, 4) is 11.5 Å². The minimum Gasteiger partial charge on any atom is -0.489 e. The van der Waals surface area contributed by atoms with Gasteiger partial charge in [-0.05, 0) is 17.7 Å². The van der Waals surface area contributed by atoms with Crippen molar-refractivity contribution in [3.05, 3.63) is 35.4 Å². The zero-order valence-electron chi connectivity index (χ0n) is 8.78. The summed E-state index contributed by atoms with van der Waals surface area (Å²) < 4.78 is 11.0. The van der Waals surface area contributed by atoms with Crippen molar-refractivity contribution in [1.29, 1.82) is 0 Å². The average Bonchev–Trinajstić information content (AvgIpc) is 2.53. The summed E-state index contributed by atoms with van der Waals surface area (Å²) >= 11 is 6.07. The Bertz CT molecular complexity index is 403. The second kappa shape index (κ2) is 4.76. The highest BCUT2D eigenvalue weighted by molar-refractivity contribution is 6.32. The molecule has 16 heavy (non-hydrogen) atoms. The van der Waals surface area contributed by atoms with Crippen LogP contribution in [0.3, 0.4) is 0 Å². The predicted octanol–water partition coefficient (Wildman–Crippen LogP) is 2.72. The van der Waals surface area contributed by atoms with Gasteiger partial charge in [0.05, 0.1) is 24.3 Å². The molecule has 0 aliphatic carbocycles. The summed E-state index contributed by atoms with van der Waals surface area (Å²) in [6, 6.07) is 3.40. The van der Waals surface area contributed by atoms with Crippen molar-refractivity contribution in [3.63, 3.8) is 0 Å². The lowest BCUT2D eigenvalue weighted by Crippen LogP contribution is -1.97. The smallest absolute Gasteiger partial charge is 0.179 e. The van der Waals surface area contributed by atoms with E-state index < -0.39 is 6.10 Å². The Morgan fingerprint density at radius 2 is 2.12 bits per heavy atom. The van der Waals surface area contributed by atoms with Gasteiger partial charge >= 0.3 is 0 Å². The lowest BCUT2D eigenvalue weighted by atomic mass is 10.1. The van der Waals surface area contributed by atoms with Crippen LogP contribution in [0, 0.1) is 0 Å². The molecule has 0 bridgehead atoms. The first-order valence-electron chi connectivity index (χ1n) is 5.12. The second-order valence-electron chi connectivity index (χ2n) is 3.56. The van der Waals surface area contributed by atoms with Crippen LogP contribution in [-0.4, -0.2) is 18.3 Å². The number of halogens is 1. The average molecular weight is 241 g/mol. The van der Waals surface area contributed by atoms with Gasteiger partial charge in [0.15, 0.2) is 11.5 Å². The van der Waals surface area contributed by atoms with Crippen LogP contribution in [0.4, 0.5) is 0 Å². The SMILES string of the molecule is C=CC(O)c1cc(Cl)c2c(c1)OCCCO2. The molecule has 0 saturated heterocycles. The van der Waals surface area contributed by atoms with E-state index in [1.165, 1.54) is 6.08 Å². The van der Waals surface area contributed by atoms with Crippen LogP contribution in [0.15, 0.2) is 24.8 Å². The molecule has 0 saturated carbocycles. The Morgan fingerprint density at radius 3 is 2.88 bits per heavy atom. The van der Waals surface area contributed by atoms with E-state index in [0.29, 0.717) is 35.3 Å². The van der Waals surface area contributed by atoms with Gasteiger partial charge in [0.1, 0.15) is 0 Å². The minimum atomic E-state index is -0.741. The third kappa shape index (κ3) is 2.15. The molecule has 0 amide bonds. The first-order chi connectivity index (χ1) is 7.72. The number of rotatable bonds is 2. The standard InChI is InChI=1S/C12H13ClO3/c1-2-10(14)8-6-9(13)12-11(7-8)15-4-3-5-16-12/h2,6-7,10,14H,1,3-5H2. The van der Waals surface area contributed by atoms with E-state index in [2.05, 4.69) is 6.58 Å². The van der Waals surface area contributed by atoms with Crippen molar-refractivity contribution in [2.75, 3.05) is 13.2 Å². The molecule has 1 N–H and O–H groups in total. The van der Waals surface area contributed by atoms with Gasteiger partial charge in [-0.2, -0.15) is 0 Å². The molecular formula is C12H13ClO3. The molecule has 0 spiro atoms. The number of aliphatic hydroxyl groups excluding tert-OH is 1. The van der Waals surface area contributed by atoms with Crippen molar-refractivity contribution in [2.24, 2.45) is 0 Å². The van der Waals surface area contributed by atoms with Gasteiger partial charge in [0.25, 0.3) is 0 Å². The zero-order chi connectivity index (χ0) is 11.5. The van der Waals surface area contributed by atoms with E-state index in [9.17, 15) is 5.11 Å². The third-order valence-corrected chi connectivity index (χ3v) is 2.67. The Labute approximate surface area is 99.3 Å². The van der Waals surface area contributed by atoms with E-state index >= 15 is 0 Å². The summed E-state index contributed by atoms with van der Waals surface area (Å²) in [6.07, 6.45) is 1.52. The highest BCUT2D eigenvalue weighted by atomic mass is 35.5. The minimum absolute atomic E-state index is 0.454. The first-order valence-corrected chi connectivity index (χ1v) is 5.50. The first kappa shape index (κ1) is 11.3. The summed E-state index contributed by atoms with van der Waals surface area (Å²) in [5.74, 6) is 1.14. The lowest BCUT2D eigenvalue weighted by molar-refractivity contribution is 0.228. The third-order valence-electron chi connectivity index (χ3n) is 2.39. The number of aliphatic hydroxyl groups is 1. The monoisotopic (exact) mass is 240 g/mol. The highest BCUT2D eigenvalue weighted by Crippen LogP contribution is 2.39. The van der Waals surface area contributed by atoms with Crippen molar-refractivity contribution >= 4 is 11.6 Å². The molecule has 1 aliphatic heterocycles. The van der Waals surface area contributed by atoms with E-state index in [1.807, 2.05) is 0 Å². The summed E-state index contributed by atoms with van der Waals surface area (Å²) in [4.78, 5) is 0. The second-order valence-corrected chi connectivity index (χ2v) is 3.97. The van der Waals surface area contributed by atoms with E-state index in [-0.39, 0.29) is 0 Å². The van der Waals surface area contributed by atoms with Crippen LogP contribution in [0.25, 0.3) is 0 Å². The molecule has 1 atom stereocenters. The molecule has 1 aromatic rings. The molecule has 2 rings (SSSR count). The fourth-order valence-corrected chi connectivity index (χ4v) is 1.83. The van der Waals surface area contributed by atoms with Crippen LogP contribution in [0.5, 0.6) is 11.5 Å². The Morgan fingerprint density at radius 1 is 1.38 bits per heavy atom. The summed E-state index contributed by atoms with van der Waals surface area (Å²) in [5.41, 5.74) is 0.657. The molecule has 0 fully saturated rings. The zero-order valence-corrected chi connectivity index (χ0v) is 9.54. The Balaban J connectivity index is 2.43. The molecule has 0 radical (unpaired) electrons. The number of ether oxygens (including phenoxy) is 2. The number of hydrogen-bond acceptors (Lipinski definition) is 3. The maximum absolute atomic E-state index is 9.65. The maximum atomic E-state index is 9.65. The normalized spacial score (nSPS) is 16.4. The molecule has 4 heteroatoms. The van der Waals surface area contributed by atoms with E-state index in [4.69, 9.17) is 21.1 Å². The largest absolute Gasteiger partial charge is 0.489 e. The van der Waals surface area contributed by atoms with Gasteiger partial charge in [-0.15, -0.1) is 6.58 Å². The Hall–Kier alpha value is -1.19. The van der Waals surface area contributed by atoms with Gasteiger partial charge < -0.3 is 14.6 Å². The van der Waals surface area contributed by atoms with Crippen molar-refractivity contribution in [1.82, 2.24) is 0 Å². The Kier molecular flexibility index (Phi) is 3.36. The molecular weight excluding hydrogens is 228 g/mol. The van der Waals surface area contributed by atoms with Crippen molar-refractivity contribution < 1.29 is 14.6 Å². The van der Waals surface area contributed by atoms with Crippen LogP contribution < -0.4 is 9.47 Å². The fraction of sp³-hybridized carbons (Fsp3) is 0.333. The molecule has 86 valence electrons. The van der Waals surface area contributed by atoms with Gasteiger partial charge in [-0.1, -0.05) is 17.7 Å². The molecule has 3 nitrogen and oxygen atoms in total. The topological polar surface area (TPSA) is 38.7 Å². The summed E-state index contributed by atoms with van der Waals surface area (Å²) in [5, 5.41) is 10.1. The van der Waals surface area contributed by atoms with Gasteiger partial charge in [-0.3, -0.25) is 0 Å². The number of benzene rings is 1. The molecule has 0 aromatic heterocycles. The predicted molar refractivity (Wildman–Crippen MR) is 62.2 cm³/mol. The molecule has 1 heterocycles. The van der Waals surface area contributed by atoms with Crippen LogP contribution in [0.1, 0.15) is 18.1 Å². The summed E-state index contributed by atoms with van der Waals surface area (Å²) in [6.45, 7) is 4.72. The van der Waals surface area contributed by atoms with Crippen LogP contribution >= 0.6 is 11.6 Å². The lowest BCUT2D eigenvalue weighted by Gasteiger charge is -2.13. The maximum Gasteiger partial charge on any atom is 0.179 e. The van der Waals surface area contributed by atoms with Gasteiger partial charge in [-0.25, -0.2) is 0 Å². The quantitative estimate of drug-likeness (QED) is 0.808. The number of fused-ring (bicyclic) bond motifs is 1. The van der Waals surface area contributed by atoms with Crippen LogP contribution in [0.2, 0.25) is 5.02 Å². The molecule has 1 unspecified atom stereocenters. The molecule has 1 aliphatic rings. The van der Waals surface area contributed by atoms with E-state index in [1.54, 1.807) is 12.1 Å². The van der Waals surface area contributed by atoms with Crippen molar-refractivity contribution in [2.45, 2.75) is 12.5 Å². The van der Waals surface area contributed by atoms with E-state index in [0.717, 1.165) is 6.42 Å². The highest BCUT2D eigenvalue weighted by Gasteiger charge is 2.17. The van der Waals surface area contributed by atoms with Crippen LogP contribution in [-0.2, 0) is 0 Å². The molecule has 1 aromatic carbocycles.